The molecule has 8 rings (SSSR count). The minimum atomic E-state index is 0. The summed E-state index contributed by atoms with van der Waals surface area (Å²) in [6, 6.07) is 43.5. The van der Waals surface area contributed by atoms with Crippen molar-refractivity contribution >= 4 is 11.4 Å². The van der Waals surface area contributed by atoms with Crippen molar-refractivity contribution in [2.24, 2.45) is 0 Å². The minimum absolute atomic E-state index is 0. The number of aromatic nitrogens is 6. The third kappa shape index (κ3) is 10.1. The van der Waals surface area contributed by atoms with Gasteiger partial charge in [-0.15, -0.1) is 16.6 Å². The standard InChI is InChI=1S/C26H30N4.C21H21N6.Ir/c1-21-23(3)29(25-13-7-5-8-14-25)19-27(21)17-11-12-18-28-20-30(24(4)22(28)2)26-15-9-6-10-16-26;1-17(2)27-21(16-26(24-27)14-19-11-7-4-8-12-19)20-15-25(23-22-20)13-18-9-5-3-6-10-18;/h5-10,13,15,19-20H,11-12,17-18H2,1-4H3;3-12,17H,13-14H2,1-2H3;/q-4;-1;. The van der Waals surface area contributed by atoms with Gasteiger partial charge in [-0.1, -0.05) is 72.6 Å². The first-order chi connectivity index (χ1) is 27.7. The second-order valence-electron chi connectivity index (χ2n) is 14.6. The van der Waals surface area contributed by atoms with Crippen molar-refractivity contribution in [3.8, 4) is 11.4 Å². The number of hydrogen-bond acceptors (Lipinski definition) is 7. The van der Waals surface area contributed by atoms with Crippen LogP contribution >= 0.6 is 0 Å². The van der Waals surface area contributed by atoms with E-state index in [0.717, 1.165) is 48.6 Å². The van der Waals surface area contributed by atoms with E-state index in [1.807, 2.05) is 70.0 Å². The zero-order valence-corrected chi connectivity index (χ0v) is 36.6. The van der Waals surface area contributed by atoms with E-state index in [9.17, 15) is 0 Å². The van der Waals surface area contributed by atoms with Crippen molar-refractivity contribution in [1.29, 1.82) is 0 Å². The first-order valence-electron chi connectivity index (χ1n) is 19.7. The van der Waals surface area contributed by atoms with Crippen molar-refractivity contribution in [3.05, 3.63) is 181 Å². The molecule has 2 aliphatic heterocycles. The van der Waals surface area contributed by atoms with Crippen molar-refractivity contribution in [1.82, 2.24) is 34.7 Å². The molecule has 11 heteroatoms. The normalized spacial score (nSPS) is 14.1. The fraction of sp³-hybridized carbons (Fsp3) is 0.277. The Balaban J connectivity index is 0.000000193. The molecule has 2 aromatic heterocycles. The molecule has 6 aromatic rings. The predicted molar refractivity (Wildman–Crippen MR) is 224 cm³/mol. The average molecular weight is 948 g/mol. The van der Waals surface area contributed by atoms with Crippen molar-refractivity contribution in [2.75, 3.05) is 22.9 Å². The monoisotopic (exact) mass is 948 g/mol. The molecule has 0 fully saturated rings. The fourth-order valence-corrected chi connectivity index (χ4v) is 6.86. The number of unbranched alkanes of at least 4 members (excludes halogenated alkanes) is 1. The molecule has 0 unspecified atom stereocenters. The van der Waals surface area contributed by atoms with Crippen LogP contribution in [0.2, 0.25) is 0 Å². The zero-order valence-electron chi connectivity index (χ0n) is 34.2. The molecular weight excluding hydrogens is 897 g/mol. The van der Waals surface area contributed by atoms with Crippen LogP contribution in [0.5, 0.6) is 0 Å². The molecule has 0 bridgehead atoms. The van der Waals surface area contributed by atoms with E-state index in [-0.39, 0.29) is 26.1 Å². The topological polar surface area (TPSA) is 65.4 Å². The van der Waals surface area contributed by atoms with Gasteiger partial charge in [0.25, 0.3) is 0 Å². The van der Waals surface area contributed by atoms with Crippen molar-refractivity contribution in [3.63, 3.8) is 0 Å². The summed E-state index contributed by atoms with van der Waals surface area (Å²) in [6.45, 7) is 20.7. The van der Waals surface area contributed by atoms with E-state index in [0.29, 0.717) is 18.8 Å². The maximum Gasteiger partial charge on any atom is 0.116 e. The molecule has 303 valence electrons. The minimum Gasteiger partial charge on any atom is -0.505 e. The summed E-state index contributed by atoms with van der Waals surface area (Å²) in [6.07, 6.45) is 8.85. The second kappa shape index (κ2) is 19.8. The Hall–Kier alpha value is -5.51. The van der Waals surface area contributed by atoms with Gasteiger partial charge in [-0.05, 0) is 90.0 Å². The van der Waals surface area contributed by atoms with Gasteiger partial charge in [-0.2, -0.15) is 79.7 Å². The SMILES string of the molecule is CC(C)n1n[n+](Cc2ccccc2)[c-]c1-c1[c-]n(Cc2ccccc2)nn1.CC1=C(C)N(c2[c-]cccc2)[CH-]N1CCCCN1[CH-]N(c2[c-]cccc2)C(C)=C1C.[Ir]. The number of rotatable bonds is 13. The van der Waals surface area contributed by atoms with Crippen LogP contribution in [0, 0.1) is 37.9 Å². The first-order valence-corrected chi connectivity index (χ1v) is 19.7. The fourth-order valence-electron chi connectivity index (χ4n) is 6.86. The Morgan fingerprint density at radius 2 is 1.17 bits per heavy atom. The van der Waals surface area contributed by atoms with Crippen LogP contribution in [-0.4, -0.2) is 47.8 Å². The molecule has 0 atom stereocenters. The summed E-state index contributed by atoms with van der Waals surface area (Å²) in [4.78, 5) is 9.19. The van der Waals surface area contributed by atoms with Crippen LogP contribution in [0.25, 0.3) is 11.4 Å². The Morgan fingerprint density at radius 3 is 1.67 bits per heavy atom. The molecule has 10 nitrogen and oxygen atoms in total. The molecule has 0 spiro atoms. The first kappa shape index (κ1) is 42.1. The summed E-state index contributed by atoms with van der Waals surface area (Å²) in [5.41, 5.74) is 11.1. The van der Waals surface area contributed by atoms with E-state index in [1.165, 1.54) is 28.4 Å². The molecule has 0 amide bonds. The van der Waals surface area contributed by atoms with Gasteiger partial charge in [-0.25, -0.2) is 15.6 Å². The quantitative estimate of drug-likeness (QED) is 0.0655. The smallest absolute Gasteiger partial charge is 0.116 e. The van der Waals surface area contributed by atoms with Crippen LogP contribution in [0.15, 0.2) is 132 Å². The summed E-state index contributed by atoms with van der Waals surface area (Å²) in [5, 5.41) is 13.2. The largest absolute Gasteiger partial charge is 0.505 e. The van der Waals surface area contributed by atoms with Crippen LogP contribution in [0.4, 0.5) is 11.4 Å². The van der Waals surface area contributed by atoms with Gasteiger partial charge in [-0.3, -0.25) is 5.10 Å². The van der Waals surface area contributed by atoms with Crippen LogP contribution in [0.3, 0.4) is 0 Å². The van der Waals surface area contributed by atoms with E-state index in [2.05, 4.69) is 163 Å². The van der Waals surface area contributed by atoms with Gasteiger partial charge in [0.15, 0.2) is 0 Å². The Labute approximate surface area is 358 Å². The van der Waals surface area contributed by atoms with Gasteiger partial charge in [0, 0.05) is 43.3 Å². The summed E-state index contributed by atoms with van der Waals surface area (Å²) >= 11 is 0. The molecule has 0 N–H and O–H groups in total. The molecule has 0 saturated heterocycles. The van der Waals surface area contributed by atoms with Crippen LogP contribution in [0.1, 0.15) is 71.6 Å². The summed E-state index contributed by atoms with van der Waals surface area (Å²) in [7, 11) is 0. The Bertz CT molecular complexity index is 2170. The number of hydrogen-bond donors (Lipinski definition) is 0. The third-order valence-corrected chi connectivity index (χ3v) is 10.3. The number of benzene rings is 4. The molecule has 4 heterocycles. The van der Waals surface area contributed by atoms with Crippen LogP contribution in [-0.2, 0) is 33.2 Å². The zero-order chi connectivity index (χ0) is 39.7. The van der Waals surface area contributed by atoms with Gasteiger partial charge < -0.3 is 24.3 Å². The number of allylic oxidation sites excluding steroid dienone is 4. The van der Waals surface area contributed by atoms with Gasteiger partial charge in [0.2, 0.25) is 0 Å². The van der Waals surface area contributed by atoms with Crippen molar-refractivity contribution in [2.45, 2.75) is 73.5 Å². The van der Waals surface area contributed by atoms with E-state index in [1.54, 1.807) is 4.68 Å². The molecule has 1 radical (unpaired) electrons. The molecule has 58 heavy (non-hydrogen) atoms. The van der Waals surface area contributed by atoms with Gasteiger partial charge in [0.1, 0.15) is 6.54 Å². The number of para-hydroxylation sites is 2. The third-order valence-electron chi connectivity index (χ3n) is 10.3. The Morgan fingerprint density at radius 1 is 0.655 bits per heavy atom. The number of nitrogens with zero attached hydrogens (tertiary/aromatic N) is 10. The van der Waals surface area contributed by atoms with E-state index >= 15 is 0 Å². The van der Waals surface area contributed by atoms with Crippen LogP contribution < -0.4 is 14.5 Å². The molecule has 0 aliphatic carbocycles. The summed E-state index contributed by atoms with van der Waals surface area (Å²) < 4.78 is 5.45. The molecule has 4 aromatic carbocycles. The predicted octanol–water partition coefficient (Wildman–Crippen LogP) is 8.46. The summed E-state index contributed by atoms with van der Waals surface area (Å²) in [5.74, 6) is 0. The second-order valence-corrected chi connectivity index (χ2v) is 14.6. The molecule has 2 aliphatic rings. The Kier molecular flexibility index (Phi) is 14.3. The van der Waals surface area contributed by atoms with E-state index in [4.69, 9.17) is 0 Å². The van der Waals surface area contributed by atoms with Gasteiger partial charge >= 0.3 is 0 Å². The maximum absolute atomic E-state index is 4.66. The van der Waals surface area contributed by atoms with Crippen molar-refractivity contribution < 1.29 is 24.8 Å². The molecular formula is C47H51IrN10-5. The van der Waals surface area contributed by atoms with Gasteiger partial charge in [0.05, 0.1) is 6.04 Å². The maximum atomic E-state index is 4.66. The number of anilines is 2. The average Bonchev–Trinajstić information content (AvgIpc) is 4.01. The molecule has 0 saturated carbocycles. The van der Waals surface area contributed by atoms with E-state index < -0.39 is 0 Å².